The molecule has 0 aliphatic rings. The van der Waals surface area contributed by atoms with E-state index in [9.17, 15) is 0 Å². The molecule has 0 radical (unpaired) electrons. The van der Waals surface area contributed by atoms with E-state index in [2.05, 4.69) is 10.2 Å². The molecular weight excluding hydrogens is 305 g/mol. The molecule has 0 aliphatic carbocycles. The van der Waals surface area contributed by atoms with Crippen LogP contribution in [0.4, 0.5) is 5.69 Å². The maximum Gasteiger partial charge on any atom is 0.175 e. The number of nitrogens with zero attached hydrogens (tertiary/aromatic N) is 3. The van der Waals surface area contributed by atoms with Crippen LogP contribution in [0.2, 0.25) is 15.3 Å². The van der Waals surface area contributed by atoms with Gasteiger partial charge in [0.25, 0.3) is 0 Å². The van der Waals surface area contributed by atoms with E-state index >= 15 is 0 Å². The predicted molar refractivity (Wildman–Crippen MR) is 80.3 cm³/mol. The summed E-state index contributed by atoms with van der Waals surface area (Å²) >= 11 is 18.1. The molecule has 0 bridgehead atoms. The summed E-state index contributed by atoms with van der Waals surface area (Å²) in [5.74, 6) is 0. The van der Waals surface area contributed by atoms with Crippen molar-refractivity contribution in [3.05, 3.63) is 51.2 Å². The number of hydrogen-bond acceptors (Lipinski definition) is 3. The molecule has 1 aromatic heterocycles. The Hall–Kier alpha value is -1.03. The summed E-state index contributed by atoms with van der Waals surface area (Å²) in [5.41, 5.74) is 1.73. The quantitative estimate of drug-likeness (QED) is 0.826. The molecule has 0 fully saturated rings. The number of aromatic nitrogens is 2. The maximum atomic E-state index is 6.21. The lowest BCUT2D eigenvalue weighted by molar-refractivity contribution is 0.736. The second-order valence-electron chi connectivity index (χ2n) is 4.15. The van der Waals surface area contributed by atoms with Gasteiger partial charge in [0.2, 0.25) is 0 Å². The van der Waals surface area contributed by atoms with Gasteiger partial charge in [0.1, 0.15) is 0 Å². The zero-order chi connectivity index (χ0) is 14.0. The van der Waals surface area contributed by atoms with Gasteiger partial charge >= 0.3 is 0 Å². The molecule has 2 aromatic rings. The summed E-state index contributed by atoms with van der Waals surface area (Å²) in [5, 5.41) is 8.84. The number of hydrogen-bond donors (Lipinski definition) is 0. The standard InChI is InChI=1S/C13H12Cl3N3/c1-8(9-5-3-4-6-10(9)14)19(2)11-7-12(15)17-18-13(11)16/h3-8H,1-2H3. The third-order valence-electron chi connectivity index (χ3n) is 3.02. The van der Waals surface area contributed by atoms with Crippen molar-refractivity contribution in [3.8, 4) is 0 Å². The fraction of sp³-hybridized carbons (Fsp3) is 0.231. The van der Waals surface area contributed by atoms with Crippen LogP contribution in [0.25, 0.3) is 0 Å². The lowest BCUT2D eigenvalue weighted by atomic mass is 10.1. The summed E-state index contributed by atoms with van der Waals surface area (Å²) in [6.07, 6.45) is 0. The molecule has 19 heavy (non-hydrogen) atoms. The molecule has 0 saturated heterocycles. The van der Waals surface area contributed by atoms with Crippen molar-refractivity contribution >= 4 is 40.5 Å². The molecule has 0 amide bonds. The first-order valence-corrected chi connectivity index (χ1v) is 6.80. The Bertz CT molecular complexity index is 589. The highest BCUT2D eigenvalue weighted by atomic mass is 35.5. The summed E-state index contributed by atoms with van der Waals surface area (Å²) in [6, 6.07) is 9.41. The largest absolute Gasteiger partial charge is 0.365 e. The minimum atomic E-state index is 0.0338. The Kier molecular flexibility index (Phi) is 4.50. The average Bonchev–Trinajstić information content (AvgIpc) is 2.40. The number of anilines is 1. The van der Waals surface area contributed by atoms with E-state index in [4.69, 9.17) is 34.8 Å². The molecule has 2 rings (SSSR count). The van der Waals surface area contributed by atoms with E-state index in [1.54, 1.807) is 6.07 Å². The van der Waals surface area contributed by atoms with Crippen molar-refractivity contribution in [1.82, 2.24) is 10.2 Å². The van der Waals surface area contributed by atoms with Gasteiger partial charge in [0, 0.05) is 18.1 Å². The molecule has 100 valence electrons. The molecule has 1 heterocycles. The lowest BCUT2D eigenvalue weighted by Crippen LogP contribution is -2.22. The molecule has 1 unspecified atom stereocenters. The summed E-state index contributed by atoms with van der Waals surface area (Å²) in [4.78, 5) is 1.96. The van der Waals surface area contributed by atoms with Gasteiger partial charge in [0.05, 0.1) is 11.7 Å². The van der Waals surface area contributed by atoms with Gasteiger partial charge in [-0.2, -0.15) is 0 Å². The smallest absolute Gasteiger partial charge is 0.175 e. The van der Waals surface area contributed by atoms with Gasteiger partial charge in [0.15, 0.2) is 10.3 Å². The molecule has 0 aliphatic heterocycles. The number of benzene rings is 1. The first-order valence-electron chi connectivity index (χ1n) is 5.66. The molecular formula is C13H12Cl3N3. The highest BCUT2D eigenvalue weighted by Gasteiger charge is 2.18. The second kappa shape index (κ2) is 5.95. The van der Waals surface area contributed by atoms with Crippen LogP contribution in [-0.4, -0.2) is 17.2 Å². The van der Waals surface area contributed by atoms with E-state index in [0.717, 1.165) is 5.56 Å². The van der Waals surface area contributed by atoms with E-state index < -0.39 is 0 Å². The van der Waals surface area contributed by atoms with Gasteiger partial charge in [-0.15, -0.1) is 10.2 Å². The van der Waals surface area contributed by atoms with Crippen LogP contribution in [0.1, 0.15) is 18.5 Å². The van der Waals surface area contributed by atoms with Gasteiger partial charge < -0.3 is 4.90 Å². The number of rotatable bonds is 3. The zero-order valence-corrected chi connectivity index (χ0v) is 12.7. The molecule has 0 saturated carbocycles. The van der Waals surface area contributed by atoms with Gasteiger partial charge in [-0.3, -0.25) is 0 Å². The maximum absolute atomic E-state index is 6.21. The van der Waals surface area contributed by atoms with Gasteiger partial charge in [-0.25, -0.2) is 0 Å². The summed E-state index contributed by atoms with van der Waals surface area (Å²) in [7, 11) is 1.91. The Labute approximate surface area is 127 Å². The van der Waals surface area contributed by atoms with Crippen molar-refractivity contribution in [2.45, 2.75) is 13.0 Å². The average molecular weight is 317 g/mol. The fourth-order valence-electron chi connectivity index (χ4n) is 1.82. The summed E-state index contributed by atoms with van der Waals surface area (Å²) < 4.78 is 0. The summed E-state index contributed by atoms with van der Waals surface area (Å²) in [6.45, 7) is 2.03. The third kappa shape index (κ3) is 3.11. The molecule has 0 N–H and O–H groups in total. The zero-order valence-electron chi connectivity index (χ0n) is 10.4. The first kappa shape index (κ1) is 14.4. The number of halogens is 3. The lowest BCUT2D eigenvalue weighted by Gasteiger charge is -2.28. The minimum Gasteiger partial charge on any atom is -0.365 e. The van der Waals surface area contributed by atoms with E-state index in [-0.39, 0.29) is 6.04 Å². The highest BCUT2D eigenvalue weighted by Crippen LogP contribution is 2.33. The Morgan fingerprint density at radius 3 is 2.47 bits per heavy atom. The third-order valence-corrected chi connectivity index (χ3v) is 3.81. The van der Waals surface area contributed by atoms with Crippen LogP contribution in [0, 0.1) is 0 Å². The topological polar surface area (TPSA) is 29.0 Å². The Morgan fingerprint density at radius 1 is 1.11 bits per heavy atom. The Balaban J connectivity index is 2.36. The van der Waals surface area contributed by atoms with Crippen molar-refractivity contribution in [3.63, 3.8) is 0 Å². The van der Waals surface area contributed by atoms with Gasteiger partial charge in [-0.1, -0.05) is 53.0 Å². The van der Waals surface area contributed by atoms with Crippen molar-refractivity contribution in [2.24, 2.45) is 0 Å². The van der Waals surface area contributed by atoms with E-state index in [0.29, 0.717) is 21.0 Å². The molecule has 3 nitrogen and oxygen atoms in total. The van der Waals surface area contributed by atoms with Crippen LogP contribution in [0.15, 0.2) is 30.3 Å². The SMILES string of the molecule is CC(c1ccccc1Cl)N(C)c1cc(Cl)nnc1Cl. The fourth-order valence-corrected chi connectivity index (χ4v) is 2.48. The minimum absolute atomic E-state index is 0.0338. The molecule has 0 spiro atoms. The van der Waals surface area contributed by atoms with Crippen molar-refractivity contribution < 1.29 is 0 Å². The molecule has 6 heteroatoms. The first-order chi connectivity index (χ1) is 9.00. The van der Waals surface area contributed by atoms with Crippen LogP contribution < -0.4 is 4.90 Å². The van der Waals surface area contributed by atoms with Crippen molar-refractivity contribution in [1.29, 1.82) is 0 Å². The van der Waals surface area contributed by atoms with Gasteiger partial charge in [-0.05, 0) is 18.6 Å². The van der Waals surface area contributed by atoms with E-state index in [1.807, 2.05) is 43.1 Å². The van der Waals surface area contributed by atoms with Crippen molar-refractivity contribution in [2.75, 3.05) is 11.9 Å². The van der Waals surface area contributed by atoms with Crippen LogP contribution in [0.5, 0.6) is 0 Å². The normalized spacial score (nSPS) is 12.3. The molecule has 1 aromatic carbocycles. The molecule has 1 atom stereocenters. The predicted octanol–water partition coefficient (Wildman–Crippen LogP) is 4.63. The highest BCUT2D eigenvalue weighted by molar-refractivity contribution is 6.33. The van der Waals surface area contributed by atoms with Crippen LogP contribution in [-0.2, 0) is 0 Å². The second-order valence-corrected chi connectivity index (χ2v) is 5.30. The monoisotopic (exact) mass is 315 g/mol. The Morgan fingerprint density at radius 2 is 1.79 bits per heavy atom. The van der Waals surface area contributed by atoms with Crippen LogP contribution >= 0.6 is 34.8 Å². The van der Waals surface area contributed by atoms with Crippen LogP contribution in [0.3, 0.4) is 0 Å². The van der Waals surface area contributed by atoms with E-state index in [1.165, 1.54) is 0 Å².